The fraction of sp³-hybridized carbons (Fsp3) is 0.556. The van der Waals surface area contributed by atoms with E-state index in [1.54, 1.807) is 0 Å². The van der Waals surface area contributed by atoms with E-state index in [1.165, 1.54) is 0 Å². The Morgan fingerprint density at radius 3 is 3.04 bits per heavy atom. The lowest BCUT2D eigenvalue weighted by Crippen LogP contribution is -2.41. The summed E-state index contributed by atoms with van der Waals surface area (Å²) in [6, 6.07) is 5.96. The van der Waals surface area contributed by atoms with E-state index >= 15 is 0 Å². The molecular formula is C18H25N5O2. The van der Waals surface area contributed by atoms with Crippen molar-refractivity contribution in [1.82, 2.24) is 15.7 Å². The second-order valence-corrected chi connectivity index (χ2v) is 6.66. The molecule has 25 heavy (non-hydrogen) atoms. The zero-order chi connectivity index (χ0) is 17.5. The fourth-order valence-electron chi connectivity index (χ4n) is 3.28. The highest BCUT2D eigenvalue weighted by atomic mass is 16.2. The number of hydrogen-bond acceptors (Lipinski definition) is 5. The van der Waals surface area contributed by atoms with Crippen molar-refractivity contribution >= 4 is 23.3 Å². The number of nitrogens with one attached hydrogen (secondary N) is 2. The first kappa shape index (κ1) is 17.4. The molecule has 0 spiro atoms. The summed E-state index contributed by atoms with van der Waals surface area (Å²) < 4.78 is 0. The van der Waals surface area contributed by atoms with Crippen LogP contribution in [0.1, 0.15) is 38.5 Å². The molecule has 1 aromatic heterocycles. The minimum Gasteiger partial charge on any atom is -0.356 e. The smallest absolute Gasteiger partial charge is 0.240 e. The molecule has 2 N–H and O–H groups in total. The molecule has 2 aliphatic heterocycles. The molecular weight excluding hydrogens is 318 g/mol. The molecule has 2 amide bonds. The van der Waals surface area contributed by atoms with Crippen LogP contribution in [0.25, 0.3) is 0 Å². The Hall–Kier alpha value is -2.44. The molecule has 2 aliphatic rings. The highest BCUT2D eigenvalue weighted by Gasteiger charge is 2.21. The average Bonchev–Trinajstić information content (AvgIpc) is 2.67. The number of hydrazone groups is 1. The van der Waals surface area contributed by atoms with Gasteiger partial charge in [-0.2, -0.15) is 5.10 Å². The van der Waals surface area contributed by atoms with Crippen molar-refractivity contribution in [2.24, 2.45) is 11.0 Å². The summed E-state index contributed by atoms with van der Waals surface area (Å²) in [6.45, 7) is 2.65. The molecule has 1 aromatic rings. The van der Waals surface area contributed by atoms with E-state index < -0.39 is 0 Å². The molecule has 3 rings (SSSR count). The van der Waals surface area contributed by atoms with Crippen LogP contribution in [0.15, 0.2) is 29.5 Å². The van der Waals surface area contributed by atoms with Gasteiger partial charge in [0.25, 0.3) is 0 Å². The SMILES string of the molecule is O=C(CCC1=NNC(=O)CC1)NC[C@H]1CCCN(c2ccccn2)C1. The molecule has 0 bridgehead atoms. The van der Waals surface area contributed by atoms with Crippen molar-refractivity contribution < 1.29 is 9.59 Å². The molecule has 0 unspecified atom stereocenters. The van der Waals surface area contributed by atoms with E-state index in [9.17, 15) is 9.59 Å². The van der Waals surface area contributed by atoms with Crippen LogP contribution in [0.5, 0.6) is 0 Å². The van der Waals surface area contributed by atoms with Gasteiger partial charge in [-0.1, -0.05) is 6.07 Å². The molecule has 1 saturated heterocycles. The van der Waals surface area contributed by atoms with Crippen LogP contribution >= 0.6 is 0 Å². The topological polar surface area (TPSA) is 86.7 Å². The second-order valence-electron chi connectivity index (χ2n) is 6.66. The molecule has 7 heteroatoms. The van der Waals surface area contributed by atoms with Gasteiger partial charge in [-0.25, -0.2) is 10.4 Å². The molecule has 0 aromatic carbocycles. The summed E-state index contributed by atoms with van der Waals surface area (Å²) in [5, 5.41) is 7.04. The summed E-state index contributed by atoms with van der Waals surface area (Å²) >= 11 is 0. The lowest BCUT2D eigenvalue weighted by molar-refractivity contribution is -0.121. The minimum absolute atomic E-state index is 0.0505. The number of aromatic nitrogens is 1. The van der Waals surface area contributed by atoms with Crippen molar-refractivity contribution in [3.63, 3.8) is 0 Å². The highest BCUT2D eigenvalue weighted by molar-refractivity contribution is 5.94. The Labute approximate surface area is 147 Å². The van der Waals surface area contributed by atoms with E-state index in [0.29, 0.717) is 38.1 Å². The van der Waals surface area contributed by atoms with Crippen molar-refractivity contribution in [3.05, 3.63) is 24.4 Å². The number of anilines is 1. The van der Waals surface area contributed by atoms with Gasteiger partial charge in [0.1, 0.15) is 5.82 Å². The predicted molar refractivity (Wildman–Crippen MR) is 96.2 cm³/mol. The molecule has 7 nitrogen and oxygen atoms in total. The maximum Gasteiger partial charge on any atom is 0.240 e. The third-order valence-corrected chi connectivity index (χ3v) is 4.70. The molecule has 0 aliphatic carbocycles. The number of hydrogen-bond donors (Lipinski definition) is 2. The zero-order valence-electron chi connectivity index (χ0n) is 14.4. The Bertz CT molecular complexity index is 632. The normalized spacial score (nSPS) is 20.6. The van der Waals surface area contributed by atoms with Crippen molar-refractivity contribution in [1.29, 1.82) is 0 Å². The Kier molecular flexibility index (Phi) is 5.98. The van der Waals surface area contributed by atoms with E-state index in [2.05, 4.69) is 25.7 Å². The third-order valence-electron chi connectivity index (χ3n) is 4.70. The zero-order valence-corrected chi connectivity index (χ0v) is 14.4. The Morgan fingerprint density at radius 2 is 2.28 bits per heavy atom. The van der Waals surface area contributed by atoms with Crippen molar-refractivity contribution in [2.45, 2.75) is 38.5 Å². The molecule has 0 saturated carbocycles. The van der Waals surface area contributed by atoms with Crippen LogP contribution in [0.2, 0.25) is 0 Å². The maximum absolute atomic E-state index is 12.1. The van der Waals surface area contributed by atoms with E-state index in [1.807, 2.05) is 24.4 Å². The number of carbonyl (C=O) groups is 2. The molecule has 0 radical (unpaired) electrons. The predicted octanol–water partition coefficient (Wildman–Crippen LogP) is 1.46. The lowest BCUT2D eigenvalue weighted by Gasteiger charge is -2.33. The van der Waals surface area contributed by atoms with Gasteiger partial charge in [-0.3, -0.25) is 9.59 Å². The van der Waals surface area contributed by atoms with Gasteiger partial charge in [0.15, 0.2) is 0 Å². The van der Waals surface area contributed by atoms with Crippen LogP contribution in [0, 0.1) is 5.92 Å². The van der Waals surface area contributed by atoms with E-state index in [-0.39, 0.29) is 11.8 Å². The lowest BCUT2D eigenvalue weighted by atomic mass is 9.98. The van der Waals surface area contributed by atoms with Gasteiger partial charge in [0.05, 0.1) is 0 Å². The summed E-state index contributed by atoms with van der Waals surface area (Å²) in [5.41, 5.74) is 3.36. The third kappa shape index (κ3) is 5.27. The van der Waals surface area contributed by atoms with E-state index in [4.69, 9.17) is 0 Å². The van der Waals surface area contributed by atoms with Crippen LogP contribution in [0.3, 0.4) is 0 Å². The molecule has 3 heterocycles. The van der Waals surface area contributed by atoms with E-state index in [0.717, 1.165) is 37.5 Å². The maximum atomic E-state index is 12.1. The van der Waals surface area contributed by atoms with Gasteiger partial charge >= 0.3 is 0 Å². The van der Waals surface area contributed by atoms with Gasteiger partial charge in [0, 0.05) is 44.4 Å². The largest absolute Gasteiger partial charge is 0.356 e. The first-order valence-electron chi connectivity index (χ1n) is 8.97. The number of amides is 2. The molecule has 1 atom stereocenters. The summed E-state index contributed by atoms with van der Waals surface area (Å²) in [4.78, 5) is 29.8. The monoisotopic (exact) mass is 343 g/mol. The summed E-state index contributed by atoms with van der Waals surface area (Å²) in [5.74, 6) is 1.46. The first-order valence-corrected chi connectivity index (χ1v) is 8.97. The summed E-state index contributed by atoms with van der Waals surface area (Å²) in [6.07, 6.45) is 6.21. The van der Waals surface area contributed by atoms with Crippen LogP contribution in [-0.4, -0.2) is 42.1 Å². The van der Waals surface area contributed by atoms with Gasteiger partial charge in [-0.05, 0) is 43.7 Å². The minimum atomic E-state index is -0.0528. The highest BCUT2D eigenvalue weighted by Crippen LogP contribution is 2.20. The van der Waals surface area contributed by atoms with Crippen LogP contribution < -0.4 is 15.6 Å². The average molecular weight is 343 g/mol. The number of piperidine rings is 1. The van der Waals surface area contributed by atoms with Crippen molar-refractivity contribution in [2.75, 3.05) is 24.5 Å². The van der Waals surface area contributed by atoms with Gasteiger partial charge in [-0.15, -0.1) is 0 Å². The summed E-state index contributed by atoms with van der Waals surface area (Å²) in [7, 11) is 0. The van der Waals surface area contributed by atoms with Gasteiger partial charge < -0.3 is 10.2 Å². The Morgan fingerprint density at radius 1 is 1.36 bits per heavy atom. The fourth-order valence-corrected chi connectivity index (χ4v) is 3.28. The molecule has 1 fully saturated rings. The van der Waals surface area contributed by atoms with Gasteiger partial charge in [0.2, 0.25) is 11.8 Å². The first-order chi connectivity index (χ1) is 12.2. The second kappa shape index (κ2) is 8.60. The Balaban J connectivity index is 1.39. The number of carbonyl (C=O) groups excluding carboxylic acids is 2. The number of pyridine rings is 1. The number of nitrogens with zero attached hydrogens (tertiary/aromatic N) is 3. The van der Waals surface area contributed by atoms with Crippen LogP contribution in [-0.2, 0) is 9.59 Å². The number of rotatable bonds is 6. The quantitative estimate of drug-likeness (QED) is 0.819. The van der Waals surface area contributed by atoms with Crippen LogP contribution in [0.4, 0.5) is 5.82 Å². The standard InChI is InChI=1S/C18H25N5O2/c24-17(8-6-15-7-9-18(25)22-21-15)20-12-14-4-3-11-23(13-14)16-5-1-2-10-19-16/h1-2,5,10,14H,3-4,6-9,11-13H2,(H,20,24)(H,22,25)/t14-/m1/s1. The molecule has 134 valence electrons. The van der Waals surface area contributed by atoms with Crippen molar-refractivity contribution in [3.8, 4) is 0 Å².